The number of Topliss-reactive ketones (excluding diaryl/α,β-unsaturated/α-hetero) is 1. The van der Waals surface area contributed by atoms with Crippen LogP contribution in [0.1, 0.15) is 34.7 Å². The molecule has 1 saturated heterocycles. The Kier molecular flexibility index (Phi) is 7.35. The molecule has 1 N–H and O–H groups in total. The summed E-state index contributed by atoms with van der Waals surface area (Å²) >= 11 is 0. The van der Waals surface area contributed by atoms with Crippen LogP contribution in [0.3, 0.4) is 0 Å². The lowest BCUT2D eigenvalue weighted by Gasteiger charge is -2.25. The summed E-state index contributed by atoms with van der Waals surface area (Å²) < 4.78 is 7.82. The molecule has 3 aromatic carbocycles. The van der Waals surface area contributed by atoms with E-state index in [9.17, 15) is 14.7 Å². The Hall–Kier alpha value is -4.65. The van der Waals surface area contributed by atoms with Crippen molar-refractivity contribution in [2.75, 3.05) is 6.54 Å². The average Bonchev–Trinajstić information content (AvgIpc) is 3.55. The molecule has 5 rings (SSSR count). The highest BCUT2D eigenvalue weighted by Crippen LogP contribution is 2.39. The molecule has 0 unspecified atom stereocenters. The highest BCUT2D eigenvalue weighted by atomic mass is 16.5. The van der Waals surface area contributed by atoms with Gasteiger partial charge in [-0.3, -0.25) is 9.59 Å². The molecule has 1 fully saturated rings. The largest absolute Gasteiger partial charge is 0.507 e. The lowest BCUT2D eigenvalue weighted by Crippen LogP contribution is -2.31. The molecule has 7 nitrogen and oxygen atoms in total. The van der Waals surface area contributed by atoms with Gasteiger partial charge in [0.25, 0.3) is 11.7 Å². The van der Waals surface area contributed by atoms with Crippen LogP contribution in [0.5, 0.6) is 5.75 Å². The second-order valence-corrected chi connectivity index (χ2v) is 9.36. The van der Waals surface area contributed by atoms with Crippen molar-refractivity contribution < 1.29 is 19.4 Å². The number of ketones is 1. The molecule has 0 aliphatic carbocycles. The molecule has 7 heteroatoms. The van der Waals surface area contributed by atoms with Crippen molar-refractivity contribution in [1.82, 2.24) is 14.5 Å². The van der Waals surface area contributed by atoms with Crippen LogP contribution in [0.2, 0.25) is 0 Å². The van der Waals surface area contributed by atoms with E-state index < -0.39 is 17.7 Å². The van der Waals surface area contributed by atoms with Crippen molar-refractivity contribution in [2.24, 2.45) is 0 Å². The van der Waals surface area contributed by atoms with Crippen LogP contribution >= 0.6 is 0 Å². The van der Waals surface area contributed by atoms with E-state index in [0.29, 0.717) is 37.4 Å². The van der Waals surface area contributed by atoms with E-state index in [1.54, 1.807) is 41.7 Å². The highest BCUT2D eigenvalue weighted by Gasteiger charge is 2.45. The summed E-state index contributed by atoms with van der Waals surface area (Å²) in [6.45, 7) is 3.48. The Morgan fingerprint density at radius 1 is 0.974 bits per heavy atom. The van der Waals surface area contributed by atoms with E-state index in [1.807, 2.05) is 66.2 Å². The quantitative estimate of drug-likeness (QED) is 0.189. The minimum Gasteiger partial charge on any atom is -0.507 e. The van der Waals surface area contributed by atoms with Gasteiger partial charge in [0.05, 0.1) is 17.9 Å². The van der Waals surface area contributed by atoms with Crippen molar-refractivity contribution >= 4 is 17.4 Å². The number of likely N-dealkylation sites (tertiary alicyclic amines) is 1. The number of hydrogen-bond donors (Lipinski definition) is 1. The van der Waals surface area contributed by atoms with Crippen LogP contribution in [0.4, 0.5) is 0 Å². The second-order valence-electron chi connectivity index (χ2n) is 9.36. The summed E-state index contributed by atoms with van der Waals surface area (Å²) in [4.78, 5) is 31.9. The molecule has 0 bridgehead atoms. The number of carbonyl (C=O) groups is 2. The van der Waals surface area contributed by atoms with E-state index in [0.717, 1.165) is 16.7 Å². The number of aliphatic hydroxyl groups is 1. The first-order valence-corrected chi connectivity index (χ1v) is 12.6. The van der Waals surface area contributed by atoms with Gasteiger partial charge in [-0.25, -0.2) is 4.98 Å². The van der Waals surface area contributed by atoms with Crippen molar-refractivity contribution in [2.45, 2.75) is 32.5 Å². The van der Waals surface area contributed by atoms with Crippen LogP contribution in [0.15, 0.2) is 103 Å². The zero-order chi connectivity index (χ0) is 26.5. The molecule has 1 aromatic heterocycles. The van der Waals surface area contributed by atoms with Crippen molar-refractivity contribution in [3.05, 3.63) is 125 Å². The van der Waals surface area contributed by atoms with Crippen molar-refractivity contribution in [3.8, 4) is 5.75 Å². The molecule has 0 radical (unpaired) electrons. The first-order valence-electron chi connectivity index (χ1n) is 12.6. The van der Waals surface area contributed by atoms with E-state index in [1.165, 1.54) is 0 Å². The fourth-order valence-electron chi connectivity index (χ4n) is 4.77. The lowest BCUT2D eigenvalue weighted by molar-refractivity contribution is -0.139. The molecule has 192 valence electrons. The number of rotatable bonds is 9. The number of amides is 1. The predicted octanol–water partition coefficient (Wildman–Crippen LogP) is 5.28. The summed E-state index contributed by atoms with van der Waals surface area (Å²) in [5.74, 6) is -0.843. The number of ether oxygens (including phenoxy) is 1. The second kappa shape index (κ2) is 11.2. The third-order valence-corrected chi connectivity index (χ3v) is 6.65. The van der Waals surface area contributed by atoms with Gasteiger partial charge >= 0.3 is 0 Å². The van der Waals surface area contributed by atoms with E-state index >= 15 is 0 Å². The molecule has 1 atom stereocenters. The van der Waals surface area contributed by atoms with Gasteiger partial charge in [0.1, 0.15) is 18.1 Å². The van der Waals surface area contributed by atoms with Gasteiger partial charge in [-0.2, -0.15) is 0 Å². The highest BCUT2D eigenvalue weighted by molar-refractivity contribution is 6.46. The molecule has 38 heavy (non-hydrogen) atoms. The van der Waals surface area contributed by atoms with E-state index in [2.05, 4.69) is 11.1 Å². The number of aromatic nitrogens is 2. The van der Waals surface area contributed by atoms with Gasteiger partial charge in [0.2, 0.25) is 0 Å². The van der Waals surface area contributed by atoms with Gasteiger partial charge < -0.3 is 19.3 Å². The Bertz CT molecular complexity index is 1440. The van der Waals surface area contributed by atoms with Gasteiger partial charge in [0, 0.05) is 31.0 Å². The van der Waals surface area contributed by atoms with Crippen molar-refractivity contribution in [1.29, 1.82) is 0 Å². The van der Waals surface area contributed by atoms with Gasteiger partial charge in [-0.05, 0) is 48.7 Å². The normalized spacial score (nSPS) is 16.7. The average molecular weight is 508 g/mol. The fourth-order valence-corrected chi connectivity index (χ4v) is 4.77. The Labute approximate surface area is 221 Å². The molecule has 4 aromatic rings. The Balaban J connectivity index is 1.39. The van der Waals surface area contributed by atoms with Crippen LogP contribution in [-0.2, 0) is 22.7 Å². The minimum atomic E-state index is -0.682. The molecule has 1 aliphatic heterocycles. The summed E-state index contributed by atoms with van der Waals surface area (Å²) in [5, 5.41) is 11.3. The van der Waals surface area contributed by atoms with Gasteiger partial charge in [0.15, 0.2) is 0 Å². The van der Waals surface area contributed by atoms with Gasteiger partial charge in [-0.15, -0.1) is 0 Å². The number of nitrogens with zero attached hydrogens (tertiary/aromatic N) is 3. The summed E-state index contributed by atoms with van der Waals surface area (Å²) in [7, 11) is 0. The molecule has 0 spiro atoms. The number of aryl methyl sites for hydroxylation is 2. The number of aliphatic hydroxyl groups excluding tert-OH is 1. The summed E-state index contributed by atoms with van der Waals surface area (Å²) in [6.07, 6.45) is 5.92. The first kappa shape index (κ1) is 25.0. The van der Waals surface area contributed by atoms with Gasteiger partial charge in [-0.1, -0.05) is 60.2 Å². The third-order valence-electron chi connectivity index (χ3n) is 6.65. The molecule has 2 heterocycles. The summed E-state index contributed by atoms with van der Waals surface area (Å²) in [5.41, 5.74) is 3.54. The number of imidazole rings is 1. The standard InChI is InChI=1S/C31H29N3O4/c1-22-7-5-8-23(19-22)20-38-26-13-11-25(12-14-26)29(35)27-28(24-9-3-2-4-10-24)34(31(37)30(27)36)17-6-16-33-18-15-32-21-33/h2-5,7-15,18-19,21,28,35H,6,16-17,20H2,1H3/b29-27+/t28-/m1/s1. The Morgan fingerprint density at radius 3 is 2.47 bits per heavy atom. The van der Waals surface area contributed by atoms with Crippen LogP contribution in [-0.4, -0.2) is 37.8 Å². The third kappa shape index (κ3) is 5.37. The Morgan fingerprint density at radius 2 is 1.76 bits per heavy atom. The number of hydrogen-bond acceptors (Lipinski definition) is 5. The maximum atomic E-state index is 13.2. The lowest BCUT2D eigenvalue weighted by atomic mass is 9.95. The number of benzene rings is 3. The van der Waals surface area contributed by atoms with Crippen molar-refractivity contribution in [3.63, 3.8) is 0 Å². The fraction of sp³-hybridized carbons (Fsp3) is 0.194. The van der Waals surface area contributed by atoms with Crippen LogP contribution in [0.25, 0.3) is 5.76 Å². The maximum absolute atomic E-state index is 13.2. The molecular formula is C31H29N3O4. The van der Waals surface area contributed by atoms with Crippen LogP contribution in [0, 0.1) is 6.92 Å². The molecular weight excluding hydrogens is 478 g/mol. The minimum absolute atomic E-state index is 0.0947. The number of carbonyl (C=O) groups excluding carboxylic acids is 2. The molecule has 0 saturated carbocycles. The zero-order valence-corrected chi connectivity index (χ0v) is 21.2. The maximum Gasteiger partial charge on any atom is 0.295 e. The van der Waals surface area contributed by atoms with E-state index in [-0.39, 0.29) is 11.3 Å². The smallest absolute Gasteiger partial charge is 0.295 e. The zero-order valence-electron chi connectivity index (χ0n) is 21.2. The summed E-state index contributed by atoms with van der Waals surface area (Å²) in [6, 6.07) is 23.7. The topological polar surface area (TPSA) is 84.7 Å². The van der Waals surface area contributed by atoms with E-state index in [4.69, 9.17) is 4.74 Å². The molecule has 1 aliphatic rings. The van der Waals surface area contributed by atoms with Crippen LogP contribution < -0.4 is 4.74 Å². The molecule has 1 amide bonds. The monoisotopic (exact) mass is 507 g/mol. The first-order chi connectivity index (χ1) is 18.5. The SMILES string of the molecule is Cc1cccc(COc2ccc(/C(O)=C3\C(=O)C(=O)N(CCCn4ccnc4)[C@@H]3c3ccccc3)cc2)c1. The predicted molar refractivity (Wildman–Crippen MR) is 144 cm³/mol.